The second kappa shape index (κ2) is 7.43. The molecular weight excluding hydrogens is 371 g/mol. The molecule has 1 atom stereocenters. The van der Waals surface area contributed by atoms with Crippen LogP contribution in [0.3, 0.4) is 0 Å². The molecule has 148 valence electrons. The van der Waals surface area contributed by atoms with E-state index in [-0.39, 0.29) is 17.8 Å². The molecule has 28 heavy (non-hydrogen) atoms. The van der Waals surface area contributed by atoms with Gasteiger partial charge in [0, 0.05) is 30.4 Å². The van der Waals surface area contributed by atoms with Gasteiger partial charge in [-0.05, 0) is 62.2 Å². The van der Waals surface area contributed by atoms with Crippen molar-refractivity contribution in [3.05, 3.63) is 53.7 Å². The molecular formula is C20H20F3N3O2. The minimum absolute atomic E-state index is 0.150. The fourth-order valence-corrected chi connectivity index (χ4v) is 3.82. The molecule has 0 aliphatic carbocycles. The summed E-state index contributed by atoms with van der Waals surface area (Å²) in [6.07, 6.45) is -1.19. The van der Waals surface area contributed by atoms with E-state index in [1.165, 1.54) is 0 Å². The SMILES string of the molecule is O=C(NC1CN2CCC1CC2)c1ccc(Oc2cc(C(F)(F)F)ccn2)cc1. The molecule has 0 spiro atoms. The van der Waals surface area contributed by atoms with Crippen LogP contribution in [0, 0.1) is 5.92 Å². The first-order valence-corrected chi connectivity index (χ1v) is 9.23. The lowest BCUT2D eigenvalue weighted by molar-refractivity contribution is -0.137. The van der Waals surface area contributed by atoms with E-state index in [1.807, 2.05) is 0 Å². The average molecular weight is 391 g/mol. The van der Waals surface area contributed by atoms with E-state index in [4.69, 9.17) is 4.74 Å². The molecule has 1 N–H and O–H groups in total. The molecule has 1 aromatic heterocycles. The molecule has 2 bridgehead atoms. The van der Waals surface area contributed by atoms with Gasteiger partial charge in [-0.15, -0.1) is 0 Å². The normalized spacial score (nSPS) is 24.0. The van der Waals surface area contributed by atoms with Crippen LogP contribution >= 0.6 is 0 Å². The van der Waals surface area contributed by atoms with E-state index in [9.17, 15) is 18.0 Å². The number of ether oxygens (including phenoxy) is 1. The molecule has 5 nitrogen and oxygen atoms in total. The van der Waals surface area contributed by atoms with Crippen molar-refractivity contribution in [3.63, 3.8) is 0 Å². The van der Waals surface area contributed by atoms with Crippen LogP contribution in [0.25, 0.3) is 0 Å². The maximum absolute atomic E-state index is 12.8. The highest BCUT2D eigenvalue weighted by atomic mass is 19.4. The summed E-state index contributed by atoms with van der Waals surface area (Å²) in [5, 5.41) is 3.10. The zero-order valence-corrected chi connectivity index (χ0v) is 15.1. The van der Waals surface area contributed by atoms with Crippen molar-refractivity contribution in [3.8, 4) is 11.6 Å². The Morgan fingerprint density at radius 2 is 1.86 bits per heavy atom. The zero-order valence-electron chi connectivity index (χ0n) is 15.1. The summed E-state index contributed by atoms with van der Waals surface area (Å²) >= 11 is 0. The summed E-state index contributed by atoms with van der Waals surface area (Å²) in [5.74, 6) is 0.538. The van der Waals surface area contributed by atoms with Crippen molar-refractivity contribution in [1.29, 1.82) is 0 Å². The first-order chi connectivity index (χ1) is 13.4. The molecule has 5 rings (SSSR count). The maximum Gasteiger partial charge on any atom is 0.416 e. The number of carbonyl (C=O) groups excluding carboxylic acids is 1. The molecule has 1 unspecified atom stereocenters. The molecule has 1 aromatic carbocycles. The van der Waals surface area contributed by atoms with Gasteiger partial charge in [-0.3, -0.25) is 4.79 Å². The van der Waals surface area contributed by atoms with E-state index in [0.29, 0.717) is 17.2 Å². The number of nitrogens with one attached hydrogen (secondary N) is 1. The Labute approximate surface area is 160 Å². The highest BCUT2D eigenvalue weighted by Crippen LogP contribution is 2.32. The molecule has 4 heterocycles. The van der Waals surface area contributed by atoms with Crippen LogP contribution in [-0.4, -0.2) is 41.5 Å². The van der Waals surface area contributed by atoms with Crippen molar-refractivity contribution in [2.45, 2.75) is 25.1 Å². The Bertz CT molecular complexity index is 847. The largest absolute Gasteiger partial charge is 0.439 e. The van der Waals surface area contributed by atoms with E-state index < -0.39 is 11.7 Å². The highest BCUT2D eigenvalue weighted by Gasteiger charge is 2.35. The maximum atomic E-state index is 12.8. The summed E-state index contributed by atoms with van der Waals surface area (Å²) in [6, 6.07) is 8.18. The third kappa shape index (κ3) is 4.11. The summed E-state index contributed by atoms with van der Waals surface area (Å²) in [5.41, 5.74) is -0.341. The van der Waals surface area contributed by atoms with Crippen LogP contribution in [0.15, 0.2) is 42.6 Å². The molecule has 0 radical (unpaired) electrons. The van der Waals surface area contributed by atoms with Crippen molar-refractivity contribution in [2.75, 3.05) is 19.6 Å². The second-order valence-corrected chi connectivity index (χ2v) is 7.22. The molecule has 3 saturated heterocycles. The molecule has 3 fully saturated rings. The van der Waals surface area contributed by atoms with Crippen LogP contribution in [0.4, 0.5) is 13.2 Å². The van der Waals surface area contributed by atoms with Crippen molar-refractivity contribution in [1.82, 2.24) is 15.2 Å². The van der Waals surface area contributed by atoms with Gasteiger partial charge in [0.25, 0.3) is 5.91 Å². The predicted octanol–water partition coefficient (Wildman–Crippen LogP) is 3.72. The van der Waals surface area contributed by atoms with Gasteiger partial charge in [-0.25, -0.2) is 4.98 Å². The third-order valence-electron chi connectivity index (χ3n) is 5.37. The number of amides is 1. The quantitative estimate of drug-likeness (QED) is 0.863. The smallest absolute Gasteiger partial charge is 0.416 e. The number of halogens is 3. The topological polar surface area (TPSA) is 54.5 Å². The minimum Gasteiger partial charge on any atom is -0.439 e. The number of pyridine rings is 1. The number of fused-ring (bicyclic) bond motifs is 3. The number of hydrogen-bond acceptors (Lipinski definition) is 4. The number of aromatic nitrogens is 1. The standard InChI is InChI=1S/C20H20F3N3O2/c21-20(22,23)15-5-8-24-18(11-15)28-16-3-1-14(2-4-16)19(27)25-17-12-26-9-6-13(17)7-10-26/h1-5,8,11,13,17H,6-7,9-10,12H2,(H,25,27). The predicted molar refractivity (Wildman–Crippen MR) is 96.2 cm³/mol. The molecule has 3 aliphatic rings. The third-order valence-corrected chi connectivity index (χ3v) is 5.37. The van der Waals surface area contributed by atoms with Crippen LogP contribution in [0.2, 0.25) is 0 Å². The van der Waals surface area contributed by atoms with Gasteiger partial charge in [-0.2, -0.15) is 13.2 Å². The summed E-state index contributed by atoms with van der Waals surface area (Å²) < 4.78 is 43.7. The number of alkyl halides is 3. The van der Waals surface area contributed by atoms with Crippen molar-refractivity contribution >= 4 is 5.91 Å². The number of piperidine rings is 3. The van der Waals surface area contributed by atoms with Gasteiger partial charge in [0.2, 0.25) is 5.88 Å². The van der Waals surface area contributed by atoms with Crippen LogP contribution in [0.5, 0.6) is 11.6 Å². The number of nitrogens with zero attached hydrogens (tertiary/aromatic N) is 2. The van der Waals surface area contributed by atoms with E-state index in [1.54, 1.807) is 24.3 Å². The fraction of sp³-hybridized carbons (Fsp3) is 0.400. The number of carbonyl (C=O) groups is 1. The lowest BCUT2D eigenvalue weighted by Gasteiger charge is -2.44. The molecule has 8 heteroatoms. The summed E-state index contributed by atoms with van der Waals surface area (Å²) in [4.78, 5) is 18.7. The Balaban J connectivity index is 1.39. The first-order valence-electron chi connectivity index (χ1n) is 9.23. The molecule has 1 amide bonds. The van der Waals surface area contributed by atoms with Crippen LogP contribution in [-0.2, 0) is 6.18 Å². The average Bonchev–Trinajstić information content (AvgIpc) is 2.69. The Morgan fingerprint density at radius 3 is 2.46 bits per heavy atom. The van der Waals surface area contributed by atoms with Crippen LogP contribution < -0.4 is 10.1 Å². The molecule has 0 saturated carbocycles. The fourth-order valence-electron chi connectivity index (χ4n) is 3.82. The van der Waals surface area contributed by atoms with E-state index in [2.05, 4.69) is 15.2 Å². The van der Waals surface area contributed by atoms with Gasteiger partial charge >= 0.3 is 6.18 Å². The Kier molecular flexibility index (Phi) is 4.97. The minimum atomic E-state index is -4.46. The van der Waals surface area contributed by atoms with Gasteiger partial charge in [0.15, 0.2) is 0 Å². The first kappa shape index (κ1) is 18.7. The number of benzene rings is 1. The number of rotatable bonds is 4. The Hall–Kier alpha value is -2.61. The monoisotopic (exact) mass is 391 g/mol. The van der Waals surface area contributed by atoms with Crippen LogP contribution in [0.1, 0.15) is 28.8 Å². The second-order valence-electron chi connectivity index (χ2n) is 7.22. The molecule has 2 aromatic rings. The van der Waals surface area contributed by atoms with E-state index >= 15 is 0 Å². The van der Waals surface area contributed by atoms with Gasteiger partial charge in [-0.1, -0.05) is 0 Å². The lowest BCUT2D eigenvalue weighted by atomic mass is 9.84. The number of hydrogen-bond donors (Lipinski definition) is 1. The van der Waals surface area contributed by atoms with Gasteiger partial charge in [0.05, 0.1) is 5.56 Å². The zero-order chi connectivity index (χ0) is 19.7. The summed E-state index contributed by atoms with van der Waals surface area (Å²) in [7, 11) is 0. The molecule has 3 aliphatic heterocycles. The Morgan fingerprint density at radius 1 is 1.14 bits per heavy atom. The summed E-state index contributed by atoms with van der Waals surface area (Å²) in [6.45, 7) is 3.10. The highest BCUT2D eigenvalue weighted by molar-refractivity contribution is 5.94. The van der Waals surface area contributed by atoms with Crippen molar-refractivity contribution < 1.29 is 22.7 Å². The van der Waals surface area contributed by atoms with E-state index in [0.717, 1.165) is 50.8 Å². The van der Waals surface area contributed by atoms with Gasteiger partial charge < -0.3 is 15.0 Å². The van der Waals surface area contributed by atoms with Gasteiger partial charge in [0.1, 0.15) is 5.75 Å². The van der Waals surface area contributed by atoms with Crippen molar-refractivity contribution in [2.24, 2.45) is 5.92 Å². The lowest BCUT2D eigenvalue weighted by Crippen LogP contribution is -2.57.